The molecule has 10 nitrogen and oxygen atoms in total. The van der Waals surface area contributed by atoms with Gasteiger partial charge < -0.3 is 19.3 Å². The molecule has 0 bridgehead atoms. The van der Waals surface area contributed by atoms with Crippen LogP contribution < -0.4 is 19.1 Å². The van der Waals surface area contributed by atoms with E-state index in [9.17, 15) is 13.2 Å². The smallest absolute Gasteiger partial charge is 0.262 e. The molecule has 4 aromatic rings. The van der Waals surface area contributed by atoms with Gasteiger partial charge in [0.05, 0.1) is 41.4 Å². The van der Waals surface area contributed by atoms with E-state index in [0.29, 0.717) is 17.9 Å². The van der Waals surface area contributed by atoms with Crippen LogP contribution in [0.3, 0.4) is 0 Å². The number of benzene rings is 2. The lowest BCUT2D eigenvalue weighted by molar-refractivity contribution is -0.119. The summed E-state index contributed by atoms with van der Waals surface area (Å²) in [6.07, 6.45) is 5.84. The third-order valence-electron chi connectivity index (χ3n) is 7.92. The van der Waals surface area contributed by atoms with Crippen molar-refractivity contribution in [2.24, 2.45) is 0 Å². The molecule has 218 valence electrons. The molecule has 1 amide bonds. The highest BCUT2D eigenvalue weighted by Crippen LogP contribution is 2.58. The molecule has 1 spiro atoms. The molecule has 1 aliphatic heterocycles. The summed E-state index contributed by atoms with van der Waals surface area (Å²) in [5.74, 6) is 0.736. The van der Waals surface area contributed by atoms with Crippen LogP contribution in [0.2, 0.25) is 0 Å². The second-order valence-corrected chi connectivity index (χ2v) is 12.7. The Balaban J connectivity index is 1.40. The van der Waals surface area contributed by atoms with Gasteiger partial charge in [-0.2, -0.15) is 0 Å². The number of amides is 1. The lowest BCUT2D eigenvalue weighted by Crippen LogP contribution is -2.28. The van der Waals surface area contributed by atoms with Crippen LogP contribution in [0.1, 0.15) is 24.8 Å². The highest BCUT2D eigenvalue weighted by atomic mass is 32.2. The minimum Gasteiger partial charge on any atom is -0.497 e. The molecule has 2 aromatic heterocycles. The van der Waals surface area contributed by atoms with Crippen molar-refractivity contribution in [1.82, 2.24) is 14.9 Å². The first kappa shape index (κ1) is 27.9. The van der Waals surface area contributed by atoms with Crippen LogP contribution in [0.4, 0.5) is 11.4 Å². The van der Waals surface area contributed by atoms with Gasteiger partial charge in [-0.05, 0) is 69.3 Å². The zero-order valence-corrected chi connectivity index (χ0v) is 24.9. The van der Waals surface area contributed by atoms with Crippen molar-refractivity contribution in [3.05, 3.63) is 66.5 Å². The number of nitrogens with zero attached hydrogens (tertiary/aromatic N) is 4. The first-order valence-electron chi connectivity index (χ1n) is 13.8. The number of hydrogen-bond acceptors (Lipinski definition) is 8. The van der Waals surface area contributed by atoms with Gasteiger partial charge in [0, 0.05) is 42.4 Å². The van der Waals surface area contributed by atoms with Crippen LogP contribution in [0.25, 0.3) is 22.0 Å². The minimum atomic E-state index is -3.98. The third kappa shape index (κ3) is 4.92. The number of anilines is 2. The SMILES string of the molecule is COc1cccc(S(=O)(=O)Nc2cc(-c3ccc4ncc5c(c4c3)C3(CC3)C(=O)N5C)cnc2OCCCN(C)C)c1. The summed E-state index contributed by atoms with van der Waals surface area (Å²) in [5.41, 5.74) is 3.95. The van der Waals surface area contributed by atoms with Gasteiger partial charge in [0.2, 0.25) is 11.8 Å². The summed E-state index contributed by atoms with van der Waals surface area (Å²) < 4.78 is 40.7. The van der Waals surface area contributed by atoms with Crippen molar-refractivity contribution in [1.29, 1.82) is 0 Å². The molecule has 11 heteroatoms. The zero-order valence-electron chi connectivity index (χ0n) is 24.0. The molecule has 0 saturated heterocycles. The molecule has 1 fully saturated rings. The number of methoxy groups -OCH3 is 1. The van der Waals surface area contributed by atoms with Crippen LogP contribution in [-0.4, -0.2) is 70.6 Å². The first-order chi connectivity index (χ1) is 20.1. The van der Waals surface area contributed by atoms with Crippen LogP contribution >= 0.6 is 0 Å². The van der Waals surface area contributed by atoms with Crippen molar-refractivity contribution in [3.63, 3.8) is 0 Å². The van der Waals surface area contributed by atoms with E-state index >= 15 is 0 Å². The van der Waals surface area contributed by atoms with Gasteiger partial charge in [-0.15, -0.1) is 0 Å². The second-order valence-electron chi connectivity index (χ2n) is 11.1. The lowest BCUT2D eigenvalue weighted by Gasteiger charge is -2.16. The number of aromatic nitrogens is 2. The van der Waals surface area contributed by atoms with Gasteiger partial charge in [0.1, 0.15) is 11.4 Å². The predicted molar refractivity (Wildman–Crippen MR) is 162 cm³/mol. The number of rotatable bonds is 10. The summed E-state index contributed by atoms with van der Waals surface area (Å²) in [7, 11) is 3.26. The zero-order chi connectivity index (χ0) is 29.6. The molecule has 0 radical (unpaired) electrons. The van der Waals surface area contributed by atoms with Gasteiger partial charge in [0.15, 0.2) is 0 Å². The third-order valence-corrected chi connectivity index (χ3v) is 9.28. The van der Waals surface area contributed by atoms with Crippen LogP contribution in [0.5, 0.6) is 11.6 Å². The Morgan fingerprint density at radius 3 is 2.60 bits per heavy atom. The molecule has 0 unspecified atom stereocenters. The quantitative estimate of drug-likeness (QED) is 0.271. The fourth-order valence-corrected chi connectivity index (χ4v) is 6.65. The topological polar surface area (TPSA) is 114 Å². The summed E-state index contributed by atoms with van der Waals surface area (Å²) in [6, 6.07) is 13.9. The van der Waals surface area contributed by atoms with E-state index in [1.807, 2.05) is 32.3 Å². The van der Waals surface area contributed by atoms with Crippen molar-refractivity contribution < 1.29 is 22.7 Å². The number of fused-ring (bicyclic) bond motifs is 4. The number of pyridine rings is 2. The predicted octanol–water partition coefficient (Wildman–Crippen LogP) is 4.44. The Kier molecular flexibility index (Phi) is 7.02. The number of sulfonamides is 1. The van der Waals surface area contributed by atoms with Crippen molar-refractivity contribution in [3.8, 4) is 22.8 Å². The van der Waals surface area contributed by atoms with Gasteiger partial charge in [-0.25, -0.2) is 13.4 Å². The van der Waals surface area contributed by atoms with Crippen LogP contribution in [0, 0.1) is 0 Å². The molecule has 0 atom stereocenters. The average molecular weight is 588 g/mol. The van der Waals surface area contributed by atoms with Crippen LogP contribution in [-0.2, 0) is 20.2 Å². The molecular formula is C31H33N5O5S. The van der Waals surface area contributed by atoms with Gasteiger partial charge in [-0.3, -0.25) is 14.5 Å². The van der Waals surface area contributed by atoms with E-state index in [2.05, 4.69) is 19.6 Å². The first-order valence-corrected chi connectivity index (χ1v) is 15.3. The molecule has 3 heterocycles. The fourth-order valence-electron chi connectivity index (χ4n) is 5.56. The normalized spacial score (nSPS) is 15.4. The van der Waals surface area contributed by atoms with Gasteiger partial charge in [0.25, 0.3) is 10.0 Å². The van der Waals surface area contributed by atoms with Crippen molar-refractivity contribution >= 4 is 38.2 Å². The summed E-state index contributed by atoms with van der Waals surface area (Å²) in [5, 5.41) is 0.919. The van der Waals surface area contributed by atoms with E-state index in [4.69, 9.17) is 9.47 Å². The molecule has 2 aliphatic rings. The number of nitrogens with one attached hydrogen (secondary N) is 1. The maximum atomic E-state index is 13.4. The largest absolute Gasteiger partial charge is 0.497 e. The number of likely N-dealkylation sites (N-methyl/N-ethyl adjacent to an activating group) is 1. The fraction of sp³-hybridized carbons (Fsp3) is 0.323. The van der Waals surface area contributed by atoms with E-state index in [1.54, 1.807) is 42.5 Å². The Bertz CT molecular complexity index is 1800. The molecule has 2 aromatic carbocycles. The van der Waals surface area contributed by atoms with Gasteiger partial charge in [-0.1, -0.05) is 12.1 Å². The van der Waals surface area contributed by atoms with Crippen molar-refractivity contribution in [2.75, 3.05) is 51.0 Å². The highest BCUT2D eigenvalue weighted by Gasteiger charge is 2.59. The average Bonchev–Trinajstić information content (AvgIpc) is 3.76. The highest BCUT2D eigenvalue weighted by molar-refractivity contribution is 7.92. The van der Waals surface area contributed by atoms with Gasteiger partial charge >= 0.3 is 0 Å². The monoisotopic (exact) mass is 587 g/mol. The Morgan fingerprint density at radius 2 is 1.86 bits per heavy atom. The summed E-state index contributed by atoms with van der Waals surface area (Å²) >= 11 is 0. The standard InChI is InChI=1S/C31H33N5O5S/c1-35(2)13-6-14-41-29-26(34-42(38,39)23-8-5-7-22(17-23)40-4)16-21(18-33-29)20-9-10-25-24(15-20)28-27(19-32-25)36(3)30(37)31(28)11-12-31/h5,7-10,15-19,34H,6,11-14H2,1-4H3. The van der Waals surface area contributed by atoms with E-state index in [1.165, 1.54) is 19.2 Å². The molecular weight excluding hydrogens is 554 g/mol. The van der Waals surface area contributed by atoms with E-state index in [-0.39, 0.29) is 22.4 Å². The molecule has 1 N–H and O–H groups in total. The molecule has 1 saturated carbocycles. The maximum Gasteiger partial charge on any atom is 0.262 e. The van der Waals surface area contributed by atoms with E-state index < -0.39 is 15.4 Å². The second kappa shape index (κ2) is 10.6. The number of hydrogen-bond donors (Lipinski definition) is 1. The number of ether oxygens (including phenoxy) is 2. The molecule has 42 heavy (non-hydrogen) atoms. The molecule has 6 rings (SSSR count). The Labute approximate surface area is 245 Å². The summed E-state index contributed by atoms with van der Waals surface area (Å²) in [6.45, 7) is 1.19. The van der Waals surface area contributed by atoms with E-state index in [0.717, 1.165) is 53.5 Å². The number of carbonyl (C=O) groups is 1. The maximum absolute atomic E-state index is 13.4. The Morgan fingerprint density at radius 1 is 1.05 bits per heavy atom. The van der Waals surface area contributed by atoms with Crippen molar-refractivity contribution in [2.45, 2.75) is 29.6 Å². The number of carbonyl (C=O) groups excluding carboxylic acids is 1. The summed E-state index contributed by atoms with van der Waals surface area (Å²) in [4.78, 5) is 26.0. The lowest BCUT2D eigenvalue weighted by atomic mass is 9.92. The molecule has 1 aliphatic carbocycles. The van der Waals surface area contributed by atoms with Crippen LogP contribution in [0.15, 0.2) is 65.8 Å². The minimum absolute atomic E-state index is 0.0571. The Hall–Kier alpha value is -4.22.